The Hall–Kier alpha value is -3.29. The second kappa shape index (κ2) is 9.77. The molecule has 0 bridgehead atoms. The molecule has 2 amide bonds. The number of aryl methyl sites for hydroxylation is 2. The largest absolute Gasteiger partial charge is 0.482 e. The van der Waals surface area contributed by atoms with E-state index in [1.807, 2.05) is 18.2 Å². The van der Waals surface area contributed by atoms with Gasteiger partial charge in [0.2, 0.25) is 5.91 Å². The van der Waals surface area contributed by atoms with E-state index in [1.165, 1.54) is 29.3 Å². The zero-order valence-electron chi connectivity index (χ0n) is 16.3. The van der Waals surface area contributed by atoms with Gasteiger partial charge in [0.05, 0.1) is 19.4 Å². The molecule has 1 heterocycles. The first-order valence-corrected chi connectivity index (χ1v) is 9.44. The Labute approximate surface area is 168 Å². The number of esters is 1. The van der Waals surface area contributed by atoms with Crippen molar-refractivity contribution in [3.8, 4) is 5.75 Å². The molecule has 0 saturated heterocycles. The number of fused-ring (bicyclic) bond motifs is 1. The fourth-order valence-corrected chi connectivity index (χ4v) is 3.03. The molecule has 1 aromatic heterocycles. The lowest BCUT2D eigenvalue weighted by Crippen LogP contribution is -2.40. The summed E-state index contributed by atoms with van der Waals surface area (Å²) in [5.74, 6) is -0.244. The maximum Gasteiger partial charge on any atom is 0.344 e. The lowest BCUT2D eigenvalue weighted by atomic mass is 10.1. The Morgan fingerprint density at radius 3 is 2.76 bits per heavy atom. The van der Waals surface area contributed by atoms with Crippen LogP contribution in [0.4, 0.5) is 0 Å². The summed E-state index contributed by atoms with van der Waals surface area (Å²) in [7, 11) is 1.46. The summed E-state index contributed by atoms with van der Waals surface area (Å²) in [5, 5.41) is 2.64. The molecule has 8 nitrogen and oxygen atoms in total. The smallest absolute Gasteiger partial charge is 0.344 e. The highest BCUT2D eigenvalue weighted by Gasteiger charge is 2.16. The van der Waals surface area contributed by atoms with Gasteiger partial charge in [-0.25, -0.2) is 4.79 Å². The number of likely N-dealkylation sites (N-methyl/N-ethyl adjacent to an activating group) is 1. The third kappa shape index (κ3) is 6.10. The highest BCUT2D eigenvalue weighted by atomic mass is 16.6. The second-order valence-electron chi connectivity index (χ2n) is 6.84. The third-order valence-electron chi connectivity index (χ3n) is 4.63. The second-order valence-corrected chi connectivity index (χ2v) is 6.84. The van der Waals surface area contributed by atoms with Crippen molar-refractivity contribution in [2.45, 2.75) is 25.8 Å². The minimum absolute atomic E-state index is 0.150. The van der Waals surface area contributed by atoms with E-state index in [0.29, 0.717) is 11.5 Å². The molecule has 154 valence electrons. The van der Waals surface area contributed by atoms with Crippen molar-refractivity contribution in [1.82, 2.24) is 10.2 Å². The Kier molecular flexibility index (Phi) is 6.89. The number of carbonyl (C=O) groups excluding carboxylic acids is 3. The van der Waals surface area contributed by atoms with Crippen LogP contribution in [0.2, 0.25) is 0 Å². The summed E-state index contributed by atoms with van der Waals surface area (Å²) >= 11 is 0. The molecule has 3 rings (SSSR count). The van der Waals surface area contributed by atoms with Gasteiger partial charge in [-0.1, -0.05) is 6.07 Å². The van der Waals surface area contributed by atoms with Gasteiger partial charge < -0.3 is 24.1 Å². The quantitative estimate of drug-likeness (QED) is 0.640. The summed E-state index contributed by atoms with van der Waals surface area (Å²) in [4.78, 5) is 36.9. The van der Waals surface area contributed by atoms with Crippen molar-refractivity contribution < 1.29 is 28.3 Å². The molecule has 2 aromatic rings. The van der Waals surface area contributed by atoms with Gasteiger partial charge in [0.1, 0.15) is 11.5 Å². The van der Waals surface area contributed by atoms with E-state index in [2.05, 4.69) is 5.32 Å². The molecule has 1 aliphatic rings. The summed E-state index contributed by atoms with van der Waals surface area (Å²) in [6, 6.07) is 9.24. The number of hydrogen-bond donors (Lipinski definition) is 1. The number of carbonyl (C=O) groups is 3. The van der Waals surface area contributed by atoms with E-state index < -0.39 is 18.5 Å². The van der Waals surface area contributed by atoms with Gasteiger partial charge in [-0.2, -0.15) is 0 Å². The molecule has 0 unspecified atom stereocenters. The third-order valence-corrected chi connectivity index (χ3v) is 4.63. The number of benzene rings is 1. The Bertz CT molecular complexity index is 862. The molecule has 1 aromatic carbocycles. The van der Waals surface area contributed by atoms with Gasteiger partial charge in [0.25, 0.3) is 5.91 Å². The van der Waals surface area contributed by atoms with Crippen LogP contribution in [0, 0.1) is 0 Å². The molecule has 1 aliphatic carbocycles. The monoisotopic (exact) mass is 400 g/mol. The van der Waals surface area contributed by atoms with Crippen molar-refractivity contribution in [3.05, 3.63) is 53.5 Å². The Morgan fingerprint density at radius 1 is 1.14 bits per heavy atom. The number of nitrogens with zero attached hydrogens (tertiary/aromatic N) is 1. The molecule has 1 N–H and O–H groups in total. The standard InChI is InChI=1S/C21H24N2O6/c1-23(12-19(24)22-11-18-6-3-9-27-18)20(25)13-29-21(26)14-28-17-8-7-15-4-2-5-16(15)10-17/h3,6-10H,2,4-5,11-14H2,1H3,(H,22,24). The molecule has 0 saturated carbocycles. The van der Waals surface area contributed by atoms with Crippen LogP contribution in [0.5, 0.6) is 5.75 Å². The highest BCUT2D eigenvalue weighted by molar-refractivity contribution is 5.86. The molecule has 0 fully saturated rings. The first-order valence-electron chi connectivity index (χ1n) is 9.44. The van der Waals surface area contributed by atoms with Gasteiger partial charge in [0, 0.05) is 7.05 Å². The SMILES string of the molecule is CN(CC(=O)NCc1ccco1)C(=O)COC(=O)COc1ccc2c(c1)CCC2. The van der Waals surface area contributed by atoms with E-state index in [0.717, 1.165) is 19.3 Å². The van der Waals surface area contributed by atoms with E-state index in [9.17, 15) is 14.4 Å². The van der Waals surface area contributed by atoms with Crippen LogP contribution in [0.1, 0.15) is 23.3 Å². The van der Waals surface area contributed by atoms with Crippen LogP contribution >= 0.6 is 0 Å². The van der Waals surface area contributed by atoms with Crippen LogP contribution in [-0.4, -0.2) is 49.5 Å². The van der Waals surface area contributed by atoms with Gasteiger partial charge in [-0.05, 0) is 54.7 Å². The molecule has 0 radical (unpaired) electrons. The average Bonchev–Trinajstić information content (AvgIpc) is 3.39. The molecule has 0 atom stereocenters. The first-order chi connectivity index (χ1) is 14.0. The summed E-state index contributed by atoms with van der Waals surface area (Å²) in [6.45, 7) is -0.640. The van der Waals surface area contributed by atoms with Crippen LogP contribution < -0.4 is 10.1 Å². The zero-order valence-corrected chi connectivity index (χ0v) is 16.3. The Balaban J connectivity index is 1.33. The van der Waals surface area contributed by atoms with E-state index in [4.69, 9.17) is 13.9 Å². The highest BCUT2D eigenvalue weighted by Crippen LogP contribution is 2.25. The number of amides is 2. The normalized spacial score (nSPS) is 12.2. The number of nitrogens with one attached hydrogen (secondary N) is 1. The zero-order chi connectivity index (χ0) is 20.6. The molecule has 29 heavy (non-hydrogen) atoms. The van der Waals surface area contributed by atoms with Crippen molar-refractivity contribution in [3.63, 3.8) is 0 Å². The summed E-state index contributed by atoms with van der Waals surface area (Å²) in [5.41, 5.74) is 2.57. The fourth-order valence-electron chi connectivity index (χ4n) is 3.03. The van der Waals surface area contributed by atoms with Crippen molar-refractivity contribution >= 4 is 17.8 Å². The number of furan rings is 1. The molecule has 0 spiro atoms. The molecule has 8 heteroatoms. The molecule has 0 aliphatic heterocycles. The number of ether oxygens (including phenoxy) is 2. The van der Waals surface area contributed by atoms with Crippen LogP contribution in [0.15, 0.2) is 41.0 Å². The summed E-state index contributed by atoms with van der Waals surface area (Å²) < 4.78 is 15.5. The average molecular weight is 400 g/mol. The fraction of sp³-hybridized carbons (Fsp3) is 0.381. The van der Waals surface area contributed by atoms with Crippen LogP contribution in [0.3, 0.4) is 0 Å². The predicted molar refractivity (Wildman–Crippen MR) is 103 cm³/mol. The molecular weight excluding hydrogens is 376 g/mol. The first kappa shape index (κ1) is 20.4. The lowest BCUT2D eigenvalue weighted by molar-refractivity contribution is -0.153. The van der Waals surface area contributed by atoms with Crippen LogP contribution in [0.25, 0.3) is 0 Å². The van der Waals surface area contributed by atoms with E-state index in [-0.39, 0.29) is 25.6 Å². The number of hydrogen-bond acceptors (Lipinski definition) is 6. The van der Waals surface area contributed by atoms with Gasteiger partial charge in [0.15, 0.2) is 13.2 Å². The van der Waals surface area contributed by atoms with Crippen LogP contribution in [-0.2, 0) is 38.5 Å². The maximum atomic E-state index is 12.0. The van der Waals surface area contributed by atoms with Crippen molar-refractivity contribution in [2.24, 2.45) is 0 Å². The summed E-state index contributed by atoms with van der Waals surface area (Å²) in [6.07, 6.45) is 4.75. The van der Waals surface area contributed by atoms with Gasteiger partial charge in [-0.15, -0.1) is 0 Å². The van der Waals surface area contributed by atoms with E-state index >= 15 is 0 Å². The maximum absolute atomic E-state index is 12.0. The van der Waals surface area contributed by atoms with Crippen molar-refractivity contribution in [2.75, 3.05) is 26.8 Å². The van der Waals surface area contributed by atoms with E-state index in [1.54, 1.807) is 12.1 Å². The molecular formula is C21H24N2O6. The van der Waals surface area contributed by atoms with Crippen molar-refractivity contribution in [1.29, 1.82) is 0 Å². The minimum atomic E-state index is -0.644. The van der Waals surface area contributed by atoms with Gasteiger partial charge in [-0.3, -0.25) is 9.59 Å². The Morgan fingerprint density at radius 2 is 1.97 bits per heavy atom. The number of rotatable bonds is 9. The lowest BCUT2D eigenvalue weighted by Gasteiger charge is -2.16. The predicted octanol–water partition coefficient (Wildman–Crippen LogP) is 1.47. The minimum Gasteiger partial charge on any atom is -0.482 e. The van der Waals surface area contributed by atoms with Gasteiger partial charge >= 0.3 is 5.97 Å². The topological polar surface area (TPSA) is 98.1 Å².